The minimum Gasteiger partial charge on any atom is -0.306 e. The number of alkyl halides is 3. The zero-order valence-corrected chi connectivity index (χ0v) is 11.5. The van der Waals surface area contributed by atoms with Crippen LogP contribution in [0.1, 0.15) is 29.0 Å². The molecule has 0 aliphatic carbocycles. The van der Waals surface area contributed by atoms with Crippen LogP contribution in [0.15, 0.2) is 35.7 Å². The molecule has 1 unspecified atom stereocenters. The highest BCUT2D eigenvalue weighted by Crippen LogP contribution is 2.34. The van der Waals surface area contributed by atoms with Crippen LogP contribution in [0, 0.1) is 5.82 Å². The lowest BCUT2D eigenvalue weighted by Gasteiger charge is -2.19. The van der Waals surface area contributed by atoms with Gasteiger partial charge in [-0.3, -0.25) is 0 Å². The third-order valence-electron chi connectivity index (χ3n) is 2.87. The van der Waals surface area contributed by atoms with E-state index in [2.05, 4.69) is 5.32 Å². The van der Waals surface area contributed by atoms with Gasteiger partial charge >= 0.3 is 6.18 Å². The molecule has 2 aromatic rings. The molecule has 0 aliphatic rings. The summed E-state index contributed by atoms with van der Waals surface area (Å²) in [6.45, 7) is 2.47. The number of hydrogen-bond acceptors (Lipinski definition) is 2. The van der Waals surface area contributed by atoms with E-state index in [-0.39, 0.29) is 6.04 Å². The average molecular weight is 303 g/mol. The molecule has 1 heterocycles. The summed E-state index contributed by atoms with van der Waals surface area (Å²) in [5.74, 6) is -1.25. The fourth-order valence-electron chi connectivity index (χ4n) is 1.98. The molecule has 0 saturated carbocycles. The van der Waals surface area contributed by atoms with Crippen molar-refractivity contribution in [2.45, 2.75) is 19.1 Å². The average Bonchev–Trinajstić information content (AvgIpc) is 2.89. The summed E-state index contributed by atoms with van der Waals surface area (Å²) >= 11 is 1.45. The normalized spacial score (nSPS) is 13.4. The number of halogens is 4. The largest absolute Gasteiger partial charge is 0.419 e. The molecule has 1 atom stereocenters. The van der Waals surface area contributed by atoms with Crippen molar-refractivity contribution in [3.05, 3.63) is 57.5 Å². The van der Waals surface area contributed by atoms with Gasteiger partial charge in [-0.2, -0.15) is 13.2 Å². The number of nitrogens with one attached hydrogen (secondary N) is 1. The number of benzene rings is 1. The van der Waals surface area contributed by atoms with Crippen molar-refractivity contribution in [3.8, 4) is 0 Å². The van der Waals surface area contributed by atoms with Crippen molar-refractivity contribution in [2.24, 2.45) is 0 Å². The van der Waals surface area contributed by atoms with E-state index in [1.807, 2.05) is 24.4 Å². The summed E-state index contributed by atoms with van der Waals surface area (Å²) in [4.78, 5) is 0.895. The highest BCUT2D eigenvalue weighted by Gasteiger charge is 2.34. The van der Waals surface area contributed by atoms with Gasteiger partial charge < -0.3 is 5.32 Å². The van der Waals surface area contributed by atoms with Gasteiger partial charge in [-0.05, 0) is 35.7 Å². The molecule has 20 heavy (non-hydrogen) atoms. The summed E-state index contributed by atoms with van der Waals surface area (Å²) < 4.78 is 51.6. The predicted molar refractivity (Wildman–Crippen MR) is 71.2 cm³/mol. The Morgan fingerprint density at radius 2 is 2.00 bits per heavy atom. The van der Waals surface area contributed by atoms with E-state index in [0.717, 1.165) is 17.0 Å². The molecule has 0 fully saturated rings. The maximum Gasteiger partial charge on any atom is 0.419 e. The van der Waals surface area contributed by atoms with Gasteiger partial charge in [0.15, 0.2) is 0 Å². The van der Waals surface area contributed by atoms with Crippen LogP contribution in [-0.2, 0) is 6.18 Å². The number of rotatable bonds is 4. The maximum absolute atomic E-state index is 13.3. The first-order valence-corrected chi connectivity index (χ1v) is 6.95. The van der Waals surface area contributed by atoms with Gasteiger partial charge in [0.1, 0.15) is 5.82 Å². The minimum atomic E-state index is -4.69. The van der Waals surface area contributed by atoms with Crippen LogP contribution in [0.25, 0.3) is 0 Å². The van der Waals surface area contributed by atoms with Crippen molar-refractivity contribution < 1.29 is 17.6 Å². The van der Waals surface area contributed by atoms with Gasteiger partial charge in [-0.1, -0.05) is 19.1 Å². The smallest absolute Gasteiger partial charge is 0.306 e. The Morgan fingerprint density at radius 1 is 1.25 bits per heavy atom. The Labute approximate surface area is 118 Å². The van der Waals surface area contributed by atoms with Crippen LogP contribution in [0.4, 0.5) is 17.6 Å². The molecule has 1 N–H and O–H groups in total. The van der Waals surface area contributed by atoms with Gasteiger partial charge in [0, 0.05) is 4.88 Å². The molecule has 1 aromatic carbocycles. The van der Waals surface area contributed by atoms with Crippen molar-refractivity contribution in [1.29, 1.82) is 0 Å². The molecule has 0 spiro atoms. The summed E-state index contributed by atoms with van der Waals surface area (Å²) in [5.41, 5.74) is -0.822. The molecule has 2 rings (SSSR count). The van der Waals surface area contributed by atoms with Crippen LogP contribution in [0.5, 0.6) is 0 Å². The fourth-order valence-corrected chi connectivity index (χ4v) is 2.81. The molecule has 0 saturated heterocycles. The highest BCUT2D eigenvalue weighted by molar-refractivity contribution is 7.10. The minimum absolute atomic E-state index is 0.360. The lowest BCUT2D eigenvalue weighted by Crippen LogP contribution is -2.22. The third kappa shape index (κ3) is 3.19. The Hall–Kier alpha value is -1.40. The predicted octanol–water partition coefficient (Wildman–Crippen LogP) is 4.60. The molecule has 0 bridgehead atoms. The van der Waals surface area contributed by atoms with Crippen LogP contribution in [0.3, 0.4) is 0 Å². The Bertz CT molecular complexity index is 563. The SMILES string of the molecule is CCNC(c1ccc(F)c(C(F)(F)F)c1)c1cccs1. The lowest BCUT2D eigenvalue weighted by molar-refractivity contribution is -0.140. The van der Waals surface area contributed by atoms with E-state index in [1.165, 1.54) is 17.4 Å². The number of thiophene rings is 1. The quantitative estimate of drug-likeness (QED) is 0.814. The number of hydrogen-bond donors (Lipinski definition) is 1. The molecule has 108 valence electrons. The van der Waals surface area contributed by atoms with Crippen LogP contribution < -0.4 is 5.32 Å². The first-order valence-electron chi connectivity index (χ1n) is 6.07. The highest BCUT2D eigenvalue weighted by atomic mass is 32.1. The monoisotopic (exact) mass is 303 g/mol. The van der Waals surface area contributed by atoms with Gasteiger partial charge in [-0.25, -0.2) is 4.39 Å². The Kier molecular flexibility index (Phi) is 4.45. The summed E-state index contributed by atoms with van der Waals surface area (Å²) in [6, 6.07) is 6.45. The van der Waals surface area contributed by atoms with Crippen LogP contribution in [0.2, 0.25) is 0 Å². The zero-order chi connectivity index (χ0) is 14.8. The van der Waals surface area contributed by atoms with Gasteiger partial charge in [0.25, 0.3) is 0 Å². The van der Waals surface area contributed by atoms with E-state index in [9.17, 15) is 17.6 Å². The summed E-state index contributed by atoms with van der Waals surface area (Å²) in [6.07, 6.45) is -4.69. The molecule has 1 nitrogen and oxygen atoms in total. The molecule has 0 radical (unpaired) electrons. The summed E-state index contributed by atoms with van der Waals surface area (Å²) in [7, 11) is 0. The molecule has 6 heteroatoms. The topological polar surface area (TPSA) is 12.0 Å². The van der Waals surface area contributed by atoms with E-state index in [4.69, 9.17) is 0 Å². The molecule has 0 aliphatic heterocycles. The van der Waals surface area contributed by atoms with E-state index < -0.39 is 17.6 Å². The summed E-state index contributed by atoms with van der Waals surface area (Å²) in [5, 5.41) is 4.98. The van der Waals surface area contributed by atoms with Crippen molar-refractivity contribution in [3.63, 3.8) is 0 Å². The fraction of sp³-hybridized carbons (Fsp3) is 0.286. The Balaban J connectivity index is 2.45. The second-order valence-corrected chi connectivity index (χ2v) is 5.22. The van der Waals surface area contributed by atoms with E-state index in [0.29, 0.717) is 12.1 Å². The van der Waals surface area contributed by atoms with Gasteiger partial charge in [0.05, 0.1) is 11.6 Å². The third-order valence-corrected chi connectivity index (χ3v) is 3.80. The van der Waals surface area contributed by atoms with Crippen LogP contribution >= 0.6 is 11.3 Å². The van der Waals surface area contributed by atoms with Gasteiger partial charge in [-0.15, -0.1) is 11.3 Å². The zero-order valence-electron chi connectivity index (χ0n) is 10.7. The first-order chi connectivity index (χ1) is 9.43. The standard InChI is InChI=1S/C14H13F4NS/c1-2-19-13(12-4-3-7-20-12)9-5-6-11(15)10(8-9)14(16,17)18/h3-8,13,19H,2H2,1H3. The lowest BCUT2D eigenvalue weighted by atomic mass is 10.0. The van der Waals surface area contributed by atoms with Crippen molar-refractivity contribution in [2.75, 3.05) is 6.54 Å². The molecular weight excluding hydrogens is 290 g/mol. The van der Waals surface area contributed by atoms with Crippen molar-refractivity contribution in [1.82, 2.24) is 5.32 Å². The van der Waals surface area contributed by atoms with Crippen molar-refractivity contribution >= 4 is 11.3 Å². The maximum atomic E-state index is 13.3. The molecule has 1 aromatic heterocycles. The second kappa shape index (κ2) is 5.93. The second-order valence-electron chi connectivity index (χ2n) is 4.24. The first kappa shape index (κ1) is 15.0. The van der Waals surface area contributed by atoms with Crippen LogP contribution in [-0.4, -0.2) is 6.54 Å². The van der Waals surface area contributed by atoms with Gasteiger partial charge in [0.2, 0.25) is 0 Å². The Morgan fingerprint density at radius 3 is 2.55 bits per heavy atom. The molecular formula is C14H13F4NS. The van der Waals surface area contributed by atoms with E-state index in [1.54, 1.807) is 0 Å². The van der Waals surface area contributed by atoms with E-state index >= 15 is 0 Å². The molecule has 0 amide bonds.